The Kier molecular flexibility index (Phi) is 5.64. The number of amides is 1. The van der Waals surface area contributed by atoms with Gasteiger partial charge in [0, 0.05) is 19.5 Å². The molecule has 2 heterocycles. The molecule has 8 nitrogen and oxygen atoms in total. The number of aliphatic hydroxyl groups excluding tert-OH is 1. The number of ether oxygens (including phenoxy) is 1. The van der Waals surface area contributed by atoms with Gasteiger partial charge in [-0.15, -0.1) is 0 Å². The summed E-state index contributed by atoms with van der Waals surface area (Å²) < 4.78 is 9.13. The van der Waals surface area contributed by atoms with Gasteiger partial charge in [-0.3, -0.25) is 4.79 Å². The van der Waals surface area contributed by atoms with E-state index in [1.165, 1.54) is 0 Å². The number of methoxy groups -OCH3 is 1. The predicted octanol–water partition coefficient (Wildman–Crippen LogP) is 1.96. The first-order valence-electron chi connectivity index (χ1n) is 9.98. The molecule has 1 aliphatic carbocycles. The van der Waals surface area contributed by atoms with Crippen LogP contribution >= 0.6 is 0 Å². The second kappa shape index (κ2) is 8.34. The van der Waals surface area contributed by atoms with E-state index in [0.717, 1.165) is 36.1 Å². The van der Waals surface area contributed by atoms with Crippen molar-refractivity contribution in [2.75, 3.05) is 7.11 Å². The zero-order valence-corrected chi connectivity index (χ0v) is 16.8. The maximum atomic E-state index is 12.9. The lowest BCUT2D eigenvalue weighted by atomic mass is 9.87. The van der Waals surface area contributed by atoms with E-state index in [2.05, 4.69) is 15.3 Å². The standard InChI is InChI=1S/C21H27N5O3/c1-14-22-10-11-25(14)18-9-5-7-16(21(18)28)24-20(27)12-26-17-8-4-3-6-15(17)23-19(26)13-29-2/h3-4,6,8,10-11,16,18,21,28H,5,7,9,12-13H2,1-2H3,(H,24,27)/t16-,18-,21-/m1/s1. The molecule has 4 rings (SSSR count). The molecule has 2 aromatic heterocycles. The first-order chi connectivity index (χ1) is 14.1. The van der Waals surface area contributed by atoms with E-state index in [1.807, 2.05) is 46.5 Å². The fourth-order valence-electron chi connectivity index (χ4n) is 4.29. The Hall–Kier alpha value is -2.71. The molecule has 29 heavy (non-hydrogen) atoms. The van der Waals surface area contributed by atoms with Gasteiger partial charge in [0.05, 0.1) is 29.2 Å². The number of hydrogen-bond acceptors (Lipinski definition) is 5. The maximum Gasteiger partial charge on any atom is 0.240 e. The highest BCUT2D eigenvalue weighted by atomic mass is 16.5. The van der Waals surface area contributed by atoms with E-state index >= 15 is 0 Å². The number of aryl methyl sites for hydroxylation is 1. The van der Waals surface area contributed by atoms with Crippen molar-refractivity contribution in [2.24, 2.45) is 0 Å². The van der Waals surface area contributed by atoms with Crippen LogP contribution in [-0.4, -0.2) is 49.4 Å². The normalized spacial score (nSPS) is 22.1. The summed E-state index contributed by atoms with van der Waals surface area (Å²) in [5.41, 5.74) is 1.73. The van der Waals surface area contributed by atoms with Gasteiger partial charge in [-0.25, -0.2) is 9.97 Å². The molecule has 1 amide bonds. The van der Waals surface area contributed by atoms with Crippen LogP contribution in [-0.2, 0) is 22.7 Å². The van der Waals surface area contributed by atoms with E-state index in [1.54, 1.807) is 13.3 Å². The quantitative estimate of drug-likeness (QED) is 0.663. The number of hydrogen-bond donors (Lipinski definition) is 2. The van der Waals surface area contributed by atoms with Crippen LogP contribution < -0.4 is 5.32 Å². The zero-order valence-electron chi connectivity index (χ0n) is 16.8. The summed E-state index contributed by atoms with van der Waals surface area (Å²) >= 11 is 0. The van der Waals surface area contributed by atoms with Crippen LogP contribution in [0.3, 0.4) is 0 Å². The number of fused-ring (bicyclic) bond motifs is 1. The van der Waals surface area contributed by atoms with Gasteiger partial charge in [0.1, 0.15) is 24.8 Å². The lowest BCUT2D eigenvalue weighted by molar-refractivity contribution is -0.124. The van der Waals surface area contributed by atoms with Crippen molar-refractivity contribution in [1.82, 2.24) is 24.4 Å². The maximum absolute atomic E-state index is 12.9. The van der Waals surface area contributed by atoms with Gasteiger partial charge < -0.3 is 24.3 Å². The van der Waals surface area contributed by atoms with E-state index in [0.29, 0.717) is 12.4 Å². The second-order valence-corrected chi connectivity index (χ2v) is 7.58. The molecule has 0 spiro atoms. The molecule has 3 atom stereocenters. The number of rotatable bonds is 6. The third-order valence-electron chi connectivity index (χ3n) is 5.70. The first kappa shape index (κ1) is 19.6. The Morgan fingerprint density at radius 1 is 1.34 bits per heavy atom. The van der Waals surface area contributed by atoms with Crippen molar-refractivity contribution in [3.05, 3.63) is 48.3 Å². The van der Waals surface area contributed by atoms with E-state index in [4.69, 9.17) is 4.74 Å². The van der Waals surface area contributed by atoms with Gasteiger partial charge in [0.15, 0.2) is 0 Å². The van der Waals surface area contributed by atoms with Crippen LogP contribution in [0.2, 0.25) is 0 Å². The highest BCUT2D eigenvalue weighted by Crippen LogP contribution is 2.30. The number of nitrogens with one attached hydrogen (secondary N) is 1. The predicted molar refractivity (Wildman–Crippen MR) is 108 cm³/mol. The van der Waals surface area contributed by atoms with Crippen LogP contribution in [0.5, 0.6) is 0 Å². The van der Waals surface area contributed by atoms with Crippen LogP contribution in [0, 0.1) is 6.92 Å². The topological polar surface area (TPSA) is 94.2 Å². The average molecular weight is 397 g/mol. The van der Waals surface area contributed by atoms with Gasteiger partial charge >= 0.3 is 0 Å². The smallest absolute Gasteiger partial charge is 0.240 e. The molecule has 2 N–H and O–H groups in total. The van der Waals surface area contributed by atoms with Crippen molar-refractivity contribution in [2.45, 2.75) is 57.5 Å². The van der Waals surface area contributed by atoms with Crippen LogP contribution in [0.4, 0.5) is 0 Å². The van der Waals surface area contributed by atoms with Crippen molar-refractivity contribution < 1.29 is 14.6 Å². The fourth-order valence-corrected chi connectivity index (χ4v) is 4.29. The molecule has 8 heteroatoms. The average Bonchev–Trinajstić information content (AvgIpc) is 3.28. The number of aliphatic hydroxyl groups is 1. The van der Waals surface area contributed by atoms with E-state index < -0.39 is 6.10 Å². The minimum Gasteiger partial charge on any atom is -0.389 e. The molecular formula is C21H27N5O3. The van der Waals surface area contributed by atoms with Crippen LogP contribution in [0.15, 0.2) is 36.7 Å². The molecule has 3 aromatic rings. The van der Waals surface area contributed by atoms with Crippen LogP contribution in [0.25, 0.3) is 11.0 Å². The molecule has 1 saturated carbocycles. The third-order valence-corrected chi connectivity index (χ3v) is 5.70. The highest BCUT2D eigenvalue weighted by Gasteiger charge is 2.34. The zero-order chi connectivity index (χ0) is 20.4. The Morgan fingerprint density at radius 2 is 2.17 bits per heavy atom. The largest absolute Gasteiger partial charge is 0.389 e. The van der Waals surface area contributed by atoms with Gasteiger partial charge in [0.25, 0.3) is 0 Å². The van der Waals surface area contributed by atoms with Crippen molar-refractivity contribution in [3.8, 4) is 0 Å². The van der Waals surface area contributed by atoms with Gasteiger partial charge in [0.2, 0.25) is 5.91 Å². The monoisotopic (exact) mass is 397 g/mol. The number of benzene rings is 1. The number of aromatic nitrogens is 4. The lowest BCUT2D eigenvalue weighted by Gasteiger charge is -2.36. The Bertz CT molecular complexity index is 995. The summed E-state index contributed by atoms with van der Waals surface area (Å²) in [4.78, 5) is 21.7. The van der Waals surface area contributed by atoms with E-state index in [-0.39, 0.29) is 24.5 Å². The number of nitrogens with zero attached hydrogens (tertiary/aromatic N) is 4. The summed E-state index contributed by atoms with van der Waals surface area (Å²) in [7, 11) is 1.61. The van der Waals surface area contributed by atoms with Gasteiger partial charge in [-0.1, -0.05) is 12.1 Å². The highest BCUT2D eigenvalue weighted by molar-refractivity contribution is 5.81. The molecule has 154 valence electrons. The number of carbonyl (C=O) groups is 1. The molecular weight excluding hydrogens is 370 g/mol. The van der Waals surface area contributed by atoms with Crippen molar-refractivity contribution in [3.63, 3.8) is 0 Å². The van der Waals surface area contributed by atoms with Crippen molar-refractivity contribution >= 4 is 16.9 Å². The molecule has 0 aliphatic heterocycles. The lowest BCUT2D eigenvalue weighted by Crippen LogP contribution is -2.50. The Labute approximate surface area is 169 Å². The number of carbonyl (C=O) groups excluding carboxylic acids is 1. The van der Waals surface area contributed by atoms with Crippen LogP contribution in [0.1, 0.15) is 37.0 Å². The van der Waals surface area contributed by atoms with E-state index in [9.17, 15) is 9.90 Å². The summed E-state index contributed by atoms with van der Waals surface area (Å²) in [5.74, 6) is 1.44. The summed E-state index contributed by atoms with van der Waals surface area (Å²) in [5, 5.41) is 13.9. The SMILES string of the molecule is COCc1nc2ccccc2n1CC(=O)N[C@@H]1CCC[C@@H](n2ccnc2C)[C@@H]1O. The summed E-state index contributed by atoms with van der Waals surface area (Å²) in [6.07, 6.45) is 5.54. The summed E-state index contributed by atoms with van der Waals surface area (Å²) in [6.45, 7) is 2.39. The molecule has 1 fully saturated rings. The molecule has 0 radical (unpaired) electrons. The second-order valence-electron chi connectivity index (χ2n) is 7.58. The number of imidazole rings is 2. The Morgan fingerprint density at radius 3 is 2.93 bits per heavy atom. The molecule has 1 aromatic carbocycles. The fraction of sp³-hybridized carbons (Fsp3) is 0.476. The van der Waals surface area contributed by atoms with Crippen molar-refractivity contribution in [1.29, 1.82) is 0 Å². The third kappa shape index (κ3) is 3.90. The number of para-hydroxylation sites is 2. The Balaban J connectivity index is 1.49. The minimum absolute atomic E-state index is 0.0744. The molecule has 0 saturated heterocycles. The summed E-state index contributed by atoms with van der Waals surface area (Å²) in [6, 6.07) is 7.36. The molecule has 1 aliphatic rings. The van der Waals surface area contributed by atoms with Gasteiger partial charge in [-0.05, 0) is 38.3 Å². The van der Waals surface area contributed by atoms with Gasteiger partial charge in [-0.2, -0.15) is 0 Å². The minimum atomic E-state index is -0.654. The molecule has 0 unspecified atom stereocenters. The first-order valence-corrected chi connectivity index (χ1v) is 9.98. The molecule has 0 bridgehead atoms.